The van der Waals surface area contributed by atoms with E-state index in [0.29, 0.717) is 5.69 Å². The molecule has 0 atom stereocenters. The number of hydrogen-bond donors (Lipinski definition) is 0. The number of aromatic nitrogens is 1. The molecule has 2 rings (SSSR count). The summed E-state index contributed by atoms with van der Waals surface area (Å²) in [5.74, 6) is 0. The van der Waals surface area contributed by atoms with Gasteiger partial charge in [-0.05, 0) is 25.5 Å². The van der Waals surface area contributed by atoms with E-state index in [1.54, 1.807) is 6.20 Å². The third-order valence-electron chi connectivity index (χ3n) is 2.67. The molecule has 1 aromatic heterocycles. The van der Waals surface area contributed by atoms with Crippen molar-refractivity contribution in [2.75, 3.05) is 18.0 Å². The maximum Gasteiger partial charge on any atom is 0.163 e. The molecule has 0 bridgehead atoms. The van der Waals surface area contributed by atoms with Gasteiger partial charge < -0.3 is 4.90 Å². The third-order valence-corrected chi connectivity index (χ3v) is 2.67. The van der Waals surface area contributed by atoms with E-state index in [9.17, 15) is 0 Å². The molecule has 1 aromatic rings. The van der Waals surface area contributed by atoms with Crippen LogP contribution in [0.15, 0.2) is 30.0 Å². The number of pyridine rings is 1. The molecule has 0 amide bonds. The fraction of sp³-hybridized carbons (Fsp3) is 0.333. The summed E-state index contributed by atoms with van der Waals surface area (Å²) < 4.78 is 0. The average Bonchev–Trinajstić information content (AvgIpc) is 2.30. The highest BCUT2D eigenvalue weighted by Gasteiger charge is 2.13. The minimum Gasteiger partial charge on any atom is -0.365 e. The van der Waals surface area contributed by atoms with Gasteiger partial charge in [0.25, 0.3) is 0 Å². The van der Waals surface area contributed by atoms with Gasteiger partial charge >= 0.3 is 0 Å². The number of anilines is 1. The molecular formula is C12H13N3. The van der Waals surface area contributed by atoms with E-state index >= 15 is 0 Å². The monoisotopic (exact) mass is 199 g/mol. The van der Waals surface area contributed by atoms with Crippen molar-refractivity contribution >= 4 is 5.69 Å². The van der Waals surface area contributed by atoms with Crippen LogP contribution in [-0.4, -0.2) is 18.1 Å². The van der Waals surface area contributed by atoms with E-state index in [0.717, 1.165) is 25.2 Å². The van der Waals surface area contributed by atoms with Gasteiger partial charge in [-0.1, -0.05) is 11.6 Å². The molecule has 0 aliphatic carbocycles. The predicted molar refractivity (Wildman–Crippen MR) is 59.5 cm³/mol. The molecule has 0 spiro atoms. The van der Waals surface area contributed by atoms with Crippen molar-refractivity contribution in [3.8, 4) is 6.07 Å². The Morgan fingerprint density at radius 1 is 1.53 bits per heavy atom. The lowest BCUT2D eigenvalue weighted by molar-refractivity contribution is 0.784. The van der Waals surface area contributed by atoms with Crippen LogP contribution in [0.1, 0.15) is 19.0 Å². The van der Waals surface area contributed by atoms with Gasteiger partial charge in [-0.15, -0.1) is 0 Å². The van der Waals surface area contributed by atoms with Crippen molar-refractivity contribution in [1.29, 1.82) is 5.26 Å². The van der Waals surface area contributed by atoms with Crippen LogP contribution in [0.2, 0.25) is 0 Å². The topological polar surface area (TPSA) is 39.9 Å². The van der Waals surface area contributed by atoms with Gasteiger partial charge in [-0.3, -0.25) is 0 Å². The molecule has 0 unspecified atom stereocenters. The van der Waals surface area contributed by atoms with Gasteiger partial charge in [0.15, 0.2) is 5.69 Å². The molecule has 1 aliphatic heterocycles. The fourth-order valence-electron chi connectivity index (χ4n) is 1.73. The average molecular weight is 199 g/mol. The number of hydrogen-bond acceptors (Lipinski definition) is 3. The maximum atomic E-state index is 8.95. The number of rotatable bonds is 1. The zero-order valence-corrected chi connectivity index (χ0v) is 8.77. The first-order chi connectivity index (χ1) is 7.31. The lowest BCUT2D eigenvalue weighted by atomic mass is 10.1. The van der Waals surface area contributed by atoms with Crippen molar-refractivity contribution < 1.29 is 0 Å². The van der Waals surface area contributed by atoms with Gasteiger partial charge in [0.2, 0.25) is 0 Å². The molecule has 1 aliphatic rings. The van der Waals surface area contributed by atoms with Gasteiger partial charge in [-0.25, -0.2) is 4.98 Å². The first-order valence-corrected chi connectivity index (χ1v) is 5.07. The molecule has 3 heteroatoms. The van der Waals surface area contributed by atoms with E-state index < -0.39 is 0 Å². The molecular weight excluding hydrogens is 186 g/mol. The van der Waals surface area contributed by atoms with E-state index in [-0.39, 0.29) is 0 Å². The summed E-state index contributed by atoms with van der Waals surface area (Å²) in [6, 6.07) is 5.97. The summed E-state index contributed by atoms with van der Waals surface area (Å²) in [6.07, 6.45) is 4.94. The van der Waals surface area contributed by atoms with E-state index in [2.05, 4.69) is 29.0 Å². The normalized spacial score (nSPS) is 15.7. The van der Waals surface area contributed by atoms with Crippen molar-refractivity contribution in [3.63, 3.8) is 0 Å². The number of nitrogens with zero attached hydrogens (tertiary/aromatic N) is 3. The molecule has 15 heavy (non-hydrogen) atoms. The Kier molecular flexibility index (Phi) is 2.68. The van der Waals surface area contributed by atoms with Crippen LogP contribution in [0.4, 0.5) is 5.69 Å². The Bertz CT molecular complexity index is 429. The minimum absolute atomic E-state index is 0.519. The summed E-state index contributed by atoms with van der Waals surface area (Å²) in [6.45, 7) is 4.00. The third kappa shape index (κ3) is 1.99. The summed E-state index contributed by atoms with van der Waals surface area (Å²) in [5.41, 5.74) is 2.89. The van der Waals surface area contributed by atoms with Crippen molar-refractivity contribution in [3.05, 3.63) is 35.7 Å². The molecule has 76 valence electrons. The molecule has 0 fully saturated rings. The summed E-state index contributed by atoms with van der Waals surface area (Å²) in [7, 11) is 0. The standard InChI is InChI=1S/C12H13N3/c1-10-4-7-15(8-5-10)12-3-2-6-14-11(12)9-13/h2-4,6H,5,7-8H2,1H3. The summed E-state index contributed by atoms with van der Waals surface area (Å²) in [5, 5.41) is 8.95. The van der Waals surface area contributed by atoms with Crippen LogP contribution in [0.5, 0.6) is 0 Å². The van der Waals surface area contributed by atoms with Crippen LogP contribution in [-0.2, 0) is 0 Å². The van der Waals surface area contributed by atoms with E-state index in [1.165, 1.54) is 5.57 Å². The van der Waals surface area contributed by atoms with Crippen LogP contribution in [0.25, 0.3) is 0 Å². The molecule has 0 radical (unpaired) electrons. The zero-order valence-electron chi connectivity index (χ0n) is 8.77. The first-order valence-electron chi connectivity index (χ1n) is 5.07. The predicted octanol–water partition coefficient (Wildman–Crippen LogP) is 2.11. The highest BCUT2D eigenvalue weighted by molar-refractivity contribution is 5.56. The van der Waals surface area contributed by atoms with Crippen LogP contribution >= 0.6 is 0 Å². The first kappa shape index (κ1) is 9.72. The fourth-order valence-corrected chi connectivity index (χ4v) is 1.73. The van der Waals surface area contributed by atoms with Crippen LogP contribution < -0.4 is 4.90 Å². The largest absolute Gasteiger partial charge is 0.365 e. The Balaban J connectivity index is 2.27. The molecule has 0 aromatic carbocycles. The van der Waals surface area contributed by atoms with E-state index in [1.807, 2.05) is 12.1 Å². The molecule has 0 saturated heterocycles. The zero-order chi connectivity index (χ0) is 10.7. The second kappa shape index (κ2) is 4.14. The van der Waals surface area contributed by atoms with Crippen LogP contribution in [0.3, 0.4) is 0 Å². The number of nitriles is 1. The van der Waals surface area contributed by atoms with Crippen molar-refractivity contribution in [2.24, 2.45) is 0 Å². The highest BCUT2D eigenvalue weighted by atomic mass is 15.1. The Hall–Kier alpha value is -1.82. The smallest absolute Gasteiger partial charge is 0.163 e. The lowest BCUT2D eigenvalue weighted by Crippen LogP contribution is -2.28. The lowest BCUT2D eigenvalue weighted by Gasteiger charge is -2.27. The highest BCUT2D eigenvalue weighted by Crippen LogP contribution is 2.21. The summed E-state index contributed by atoms with van der Waals surface area (Å²) in [4.78, 5) is 6.26. The van der Waals surface area contributed by atoms with Crippen molar-refractivity contribution in [1.82, 2.24) is 4.98 Å². The Morgan fingerprint density at radius 2 is 2.40 bits per heavy atom. The van der Waals surface area contributed by atoms with Gasteiger partial charge in [-0.2, -0.15) is 5.26 Å². The van der Waals surface area contributed by atoms with Gasteiger partial charge in [0.05, 0.1) is 5.69 Å². The quantitative estimate of drug-likeness (QED) is 0.650. The molecule has 0 saturated carbocycles. The molecule has 3 nitrogen and oxygen atoms in total. The Morgan fingerprint density at radius 3 is 3.07 bits per heavy atom. The molecule has 0 N–H and O–H groups in total. The SMILES string of the molecule is CC1=CCN(c2cccnc2C#N)CC1. The molecule has 2 heterocycles. The second-order valence-electron chi connectivity index (χ2n) is 3.73. The van der Waals surface area contributed by atoms with E-state index in [4.69, 9.17) is 5.26 Å². The van der Waals surface area contributed by atoms with Gasteiger partial charge in [0, 0.05) is 19.3 Å². The van der Waals surface area contributed by atoms with Gasteiger partial charge in [0.1, 0.15) is 6.07 Å². The second-order valence-corrected chi connectivity index (χ2v) is 3.73. The van der Waals surface area contributed by atoms with Crippen LogP contribution in [0, 0.1) is 11.3 Å². The minimum atomic E-state index is 0.519. The van der Waals surface area contributed by atoms with Crippen molar-refractivity contribution in [2.45, 2.75) is 13.3 Å². The Labute approximate surface area is 89.7 Å². The maximum absolute atomic E-state index is 8.95. The summed E-state index contributed by atoms with van der Waals surface area (Å²) >= 11 is 0.